The van der Waals surface area contributed by atoms with E-state index in [1.165, 1.54) is 30.6 Å². The SMILES string of the molecule is N#Cc1ccc(Oc2cnccc2C(=O)O)cc1[N+](=O)[O-]. The molecule has 0 saturated heterocycles. The minimum Gasteiger partial charge on any atom is -0.478 e. The number of nitriles is 1. The quantitative estimate of drug-likeness (QED) is 0.674. The Morgan fingerprint density at radius 1 is 1.43 bits per heavy atom. The van der Waals surface area contributed by atoms with Crippen molar-refractivity contribution in [2.75, 3.05) is 0 Å². The summed E-state index contributed by atoms with van der Waals surface area (Å²) in [7, 11) is 0. The summed E-state index contributed by atoms with van der Waals surface area (Å²) in [5, 5.41) is 28.6. The molecule has 0 spiro atoms. The number of hydrogen-bond acceptors (Lipinski definition) is 6. The van der Waals surface area contributed by atoms with Gasteiger partial charge >= 0.3 is 5.97 Å². The van der Waals surface area contributed by atoms with Crippen LogP contribution in [0.2, 0.25) is 0 Å². The molecule has 0 radical (unpaired) electrons. The van der Waals surface area contributed by atoms with Gasteiger partial charge in [0.25, 0.3) is 5.69 Å². The molecule has 0 amide bonds. The van der Waals surface area contributed by atoms with Crippen LogP contribution in [0.5, 0.6) is 11.5 Å². The maximum Gasteiger partial charge on any atom is 0.339 e. The van der Waals surface area contributed by atoms with Crippen molar-refractivity contribution < 1.29 is 19.6 Å². The molecule has 1 aromatic carbocycles. The van der Waals surface area contributed by atoms with Crippen LogP contribution in [0.15, 0.2) is 36.7 Å². The van der Waals surface area contributed by atoms with Gasteiger partial charge in [-0.2, -0.15) is 5.26 Å². The van der Waals surface area contributed by atoms with E-state index in [2.05, 4.69) is 4.98 Å². The molecule has 104 valence electrons. The van der Waals surface area contributed by atoms with Gasteiger partial charge in [-0.15, -0.1) is 0 Å². The number of rotatable bonds is 4. The lowest BCUT2D eigenvalue weighted by atomic mass is 10.2. The van der Waals surface area contributed by atoms with Crippen molar-refractivity contribution in [3.8, 4) is 17.6 Å². The first-order valence-corrected chi connectivity index (χ1v) is 5.56. The van der Waals surface area contributed by atoms with Crippen LogP contribution in [-0.2, 0) is 0 Å². The Bertz CT molecular complexity index is 767. The third-order valence-corrected chi connectivity index (χ3v) is 2.53. The Labute approximate surface area is 118 Å². The summed E-state index contributed by atoms with van der Waals surface area (Å²) in [6, 6.07) is 6.56. The average Bonchev–Trinajstić information content (AvgIpc) is 2.47. The fourth-order valence-corrected chi connectivity index (χ4v) is 1.59. The van der Waals surface area contributed by atoms with Gasteiger partial charge in [-0.1, -0.05) is 0 Å². The second-order valence-corrected chi connectivity index (χ2v) is 3.83. The lowest BCUT2D eigenvalue weighted by molar-refractivity contribution is -0.385. The number of hydrogen-bond donors (Lipinski definition) is 1. The highest BCUT2D eigenvalue weighted by atomic mass is 16.6. The number of benzene rings is 1. The molecule has 21 heavy (non-hydrogen) atoms. The Hall–Kier alpha value is -3.47. The van der Waals surface area contributed by atoms with Gasteiger partial charge in [0.05, 0.1) is 17.2 Å². The smallest absolute Gasteiger partial charge is 0.339 e. The second kappa shape index (κ2) is 5.66. The second-order valence-electron chi connectivity index (χ2n) is 3.83. The minimum absolute atomic E-state index is 0.0381. The van der Waals surface area contributed by atoms with Crippen molar-refractivity contribution in [1.29, 1.82) is 5.26 Å². The molecular weight excluding hydrogens is 278 g/mol. The van der Waals surface area contributed by atoms with Gasteiger partial charge < -0.3 is 9.84 Å². The molecule has 0 bridgehead atoms. The van der Waals surface area contributed by atoms with E-state index in [0.29, 0.717) is 0 Å². The molecule has 0 fully saturated rings. The van der Waals surface area contributed by atoms with E-state index in [1.54, 1.807) is 6.07 Å². The molecule has 0 saturated carbocycles. The predicted molar refractivity (Wildman–Crippen MR) is 69.1 cm³/mol. The highest BCUT2D eigenvalue weighted by Crippen LogP contribution is 2.29. The first-order valence-electron chi connectivity index (χ1n) is 5.56. The maximum absolute atomic E-state index is 11.0. The molecule has 0 atom stereocenters. The summed E-state index contributed by atoms with van der Waals surface area (Å²) in [4.78, 5) is 24.9. The van der Waals surface area contributed by atoms with Gasteiger partial charge in [-0.25, -0.2) is 4.79 Å². The molecule has 1 aromatic heterocycles. The summed E-state index contributed by atoms with van der Waals surface area (Å²) < 4.78 is 5.30. The molecule has 2 rings (SSSR count). The fraction of sp³-hybridized carbons (Fsp3) is 0. The number of carboxylic acids is 1. The third kappa shape index (κ3) is 2.93. The van der Waals surface area contributed by atoms with Crippen molar-refractivity contribution in [3.63, 3.8) is 0 Å². The van der Waals surface area contributed by atoms with Gasteiger partial charge in [-0.05, 0) is 18.2 Å². The third-order valence-electron chi connectivity index (χ3n) is 2.53. The number of carbonyl (C=O) groups is 1. The van der Waals surface area contributed by atoms with Gasteiger partial charge in [0.1, 0.15) is 22.9 Å². The molecule has 8 nitrogen and oxygen atoms in total. The van der Waals surface area contributed by atoms with E-state index in [-0.39, 0.29) is 22.6 Å². The van der Waals surface area contributed by atoms with E-state index < -0.39 is 16.6 Å². The Morgan fingerprint density at radius 3 is 2.81 bits per heavy atom. The average molecular weight is 285 g/mol. The predicted octanol–water partition coefficient (Wildman–Crippen LogP) is 2.35. The van der Waals surface area contributed by atoms with Gasteiger partial charge in [0, 0.05) is 6.20 Å². The molecular formula is C13H7N3O5. The Morgan fingerprint density at radius 2 is 2.19 bits per heavy atom. The maximum atomic E-state index is 11.0. The van der Waals surface area contributed by atoms with Crippen LogP contribution in [0.4, 0.5) is 5.69 Å². The molecule has 0 unspecified atom stereocenters. The summed E-state index contributed by atoms with van der Waals surface area (Å²) in [5.41, 5.74) is -0.662. The van der Waals surface area contributed by atoms with E-state index in [4.69, 9.17) is 15.1 Å². The van der Waals surface area contributed by atoms with Crippen LogP contribution in [0, 0.1) is 21.4 Å². The molecule has 1 N–H and O–H groups in total. The number of ether oxygens (including phenoxy) is 1. The zero-order valence-electron chi connectivity index (χ0n) is 10.4. The summed E-state index contributed by atoms with van der Waals surface area (Å²) in [6.07, 6.45) is 2.48. The molecule has 0 aliphatic carbocycles. The van der Waals surface area contributed by atoms with Crippen LogP contribution in [-0.4, -0.2) is 21.0 Å². The van der Waals surface area contributed by atoms with Crippen molar-refractivity contribution >= 4 is 11.7 Å². The number of aromatic nitrogens is 1. The largest absolute Gasteiger partial charge is 0.478 e. The van der Waals surface area contributed by atoms with E-state index in [1.807, 2.05) is 0 Å². The summed E-state index contributed by atoms with van der Waals surface area (Å²) in [6.45, 7) is 0. The first kappa shape index (κ1) is 14.0. The lowest BCUT2D eigenvalue weighted by Crippen LogP contribution is -2.01. The van der Waals surface area contributed by atoms with Crippen LogP contribution in [0.3, 0.4) is 0 Å². The highest BCUT2D eigenvalue weighted by Gasteiger charge is 2.17. The van der Waals surface area contributed by atoms with E-state index in [9.17, 15) is 14.9 Å². The number of nitrogens with zero attached hydrogens (tertiary/aromatic N) is 3. The van der Waals surface area contributed by atoms with Crippen molar-refractivity contribution in [3.05, 3.63) is 57.9 Å². The minimum atomic E-state index is -1.21. The van der Waals surface area contributed by atoms with Crippen molar-refractivity contribution in [2.45, 2.75) is 0 Å². The van der Waals surface area contributed by atoms with Crippen LogP contribution in [0.25, 0.3) is 0 Å². The summed E-state index contributed by atoms with van der Waals surface area (Å²) in [5.74, 6) is -1.23. The normalized spacial score (nSPS) is 9.67. The zero-order chi connectivity index (χ0) is 15.4. The molecule has 8 heteroatoms. The highest BCUT2D eigenvalue weighted by molar-refractivity contribution is 5.90. The van der Waals surface area contributed by atoms with Crippen molar-refractivity contribution in [1.82, 2.24) is 4.98 Å². The van der Waals surface area contributed by atoms with Crippen molar-refractivity contribution in [2.24, 2.45) is 0 Å². The summed E-state index contributed by atoms with van der Waals surface area (Å²) >= 11 is 0. The molecule has 0 aliphatic rings. The number of pyridine rings is 1. The monoisotopic (exact) mass is 285 g/mol. The topological polar surface area (TPSA) is 126 Å². The van der Waals surface area contributed by atoms with E-state index in [0.717, 1.165) is 6.07 Å². The van der Waals surface area contributed by atoms with Gasteiger partial charge in [0.2, 0.25) is 0 Å². The van der Waals surface area contributed by atoms with Crippen LogP contribution in [0.1, 0.15) is 15.9 Å². The lowest BCUT2D eigenvalue weighted by Gasteiger charge is -2.08. The van der Waals surface area contributed by atoms with Gasteiger partial charge in [0.15, 0.2) is 5.75 Å². The van der Waals surface area contributed by atoms with Gasteiger partial charge in [-0.3, -0.25) is 15.1 Å². The number of carboxylic acid groups (broad SMARTS) is 1. The molecule has 1 heterocycles. The first-order chi connectivity index (χ1) is 10.0. The standard InChI is InChI=1S/C13H7N3O5/c14-6-8-1-2-9(5-11(8)16(19)20)21-12-7-15-4-3-10(12)13(17)18/h1-5,7H,(H,17,18). The Balaban J connectivity index is 2.42. The Kier molecular flexibility index (Phi) is 3.76. The fourth-order valence-electron chi connectivity index (χ4n) is 1.59. The molecule has 0 aliphatic heterocycles. The zero-order valence-corrected chi connectivity index (χ0v) is 10.4. The van der Waals surface area contributed by atoms with Crippen LogP contribution >= 0.6 is 0 Å². The number of aromatic carboxylic acids is 1. The van der Waals surface area contributed by atoms with E-state index >= 15 is 0 Å². The number of nitro groups is 1. The number of nitro benzene ring substituents is 1. The molecule has 2 aromatic rings. The van der Waals surface area contributed by atoms with Crippen LogP contribution < -0.4 is 4.74 Å².